The number of hydrogen-bond acceptors (Lipinski definition) is 4. The molecule has 0 bridgehead atoms. The summed E-state index contributed by atoms with van der Waals surface area (Å²) in [5.41, 5.74) is 1.32. The third-order valence-corrected chi connectivity index (χ3v) is 4.36. The minimum atomic E-state index is -0.352. The second-order valence-electron chi connectivity index (χ2n) is 5.80. The molecule has 0 unspecified atom stereocenters. The number of halogens is 1. The van der Waals surface area contributed by atoms with Crippen molar-refractivity contribution in [3.8, 4) is 11.5 Å². The van der Waals surface area contributed by atoms with Gasteiger partial charge in [0.1, 0.15) is 0 Å². The van der Waals surface area contributed by atoms with E-state index in [9.17, 15) is 4.79 Å². The molecule has 2 aromatic rings. The van der Waals surface area contributed by atoms with Crippen LogP contribution in [0.25, 0.3) is 0 Å². The van der Waals surface area contributed by atoms with E-state index >= 15 is 0 Å². The summed E-state index contributed by atoms with van der Waals surface area (Å²) in [4.78, 5) is 12.2. The third kappa shape index (κ3) is 6.41. The number of carbonyl (C=O) groups excluding carboxylic acids is 1. The van der Waals surface area contributed by atoms with Gasteiger partial charge in [-0.3, -0.25) is 10.1 Å². The van der Waals surface area contributed by atoms with Gasteiger partial charge in [-0.2, -0.15) is 0 Å². The molecular formula is C20H23ClN2O3S. The van der Waals surface area contributed by atoms with Crippen molar-refractivity contribution < 1.29 is 14.3 Å². The highest BCUT2D eigenvalue weighted by Crippen LogP contribution is 2.28. The van der Waals surface area contributed by atoms with Crippen LogP contribution < -0.4 is 20.1 Å². The molecule has 2 N–H and O–H groups in total. The number of nitrogens with one attached hydrogen (secondary N) is 2. The molecule has 7 heteroatoms. The fraction of sp³-hybridized carbons (Fsp3) is 0.300. The number of benzene rings is 2. The van der Waals surface area contributed by atoms with Crippen molar-refractivity contribution in [2.75, 3.05) is 13.7 Å². The minimum absolute atomic E-state index is 0.224. The van der Waals surface area contributed by atoms with E-state index in [2.05, 4.69) is 17.6 Å². The number of rotatable bonds is 8. The summed E-state index contributed by atoms with van der Waals surface area (Å²) in [6.45, 7) is 3.21. The Morgan fingerprint density at radius 1 is 1.19 bits per heavy atom. The van der Waals surface area contributed by atoms with E-state index in [0.29, 0.717) is 35.2 Å². The van der Waals surface area contributed by atoms with Gasteiger partial charge >= 0.3 is 0 Å². The van der Waals surface area contributed by atoms with Gasteiger partial charge in [-0.25, -0.2) is 0 Å². The molecule has 2 rings (SSSR count). The molecule has 27 heavy (non-hydrogen) atoms. The smallest absolute Gasteiger partial charge is 0.258 e. The molecule has 144 valence electrons. The summed E-state index contributed by atoms with van der Waals surface area (Å²) in [5, 5.41) is 6.23. The molecule has 0 aliphatic heterocycles. The van der Waals surface area contributed by atoms with Gasteiger partial charge in [-0.1, -0.05) is 43.1 Å². The van der Waals surface area contributed by atoms with Crippen LogP contribution in [0.3, 0.4) is 0 Å². The Hall–Kier alpha value is -2.31. The van der Waals surface area contributed by atoms with Gasteiger partial charge in [-0.15, -0.1) is 0 Å². The molecule has 0 fully saturated rings. The summed E-state index contributed by atoms with van der Waals surface area (Å²) in [6.07, 6.45) is 2.06. The summed E-state index contributed by atoms with van der Waals surface area (Å²) in [5.74, 6) is 1.02. The van der Waals surface area contributed by atoms with Crippen molar-refractivity contribution in [1.29, 1.82) is 0 Å². The van der Waals surface area contributed by atoms with Crippen LogP contribution >= 0.6 is 23.8 Å². The summed E-state index contributed by atoms with van der Waals surface area (Å²) in [7, 11) is 1.60. The summed E-state index contributed by atoms with van der Waals surface area (Å²) in [6, 6.07) is 12.5. The normalized spacial score (nSPS) is 10.2. The number of unbranched alkanes of at least 4 members (excludes halogenated alkanes) is 1. The van der Waals surface area contributed by atoms with Crippen LogP contribution in [0.5, 0.6) is 11.5 Å². The van der Waals surface area contributed by atoms with Crippen molar-refractivity contribution in [3.05, 3.63) is 58.6 Å². The Morgan fingerprint density at radius 2 is 1.96 bits per heavy atom. The SMILES string of the molecule is CCCCOc1ccc(CNC(=S)NC(=O)c2ccccc2Cl)cc1OC. The van der Waals surface area contributed by atoms with Crippen LogP contribution in [-0.4, -0.2) is 24.7 Å². The van der Waals surface area contributed by atoms with Crippen LogP contribution in [0.15, 0.2) is 42.5 Å². The molecule has 0 heterocycles. The lowest BCUT2D eigenvalue weighted by Gasteiger charge is -2.13. The molecule has 0 aliphatic carbocycles. The van der Waals surface area contributed by atoms with Gasteiger partial charge < -0.3 is 14.8 Å². The highest BCUT2D eigenvalue weighted by Gasteiger charge is 2.11. The van der Waals surface area contributed by atoms with E-state index in [1.54, 1.807) is 31.4 Å². The van der Waals surface area contributed by atoms with Crippen LogP contribution in [0, 0.1) is 0 Å². The molecule has 0 spiro atoms. The zero-order valence-electron chi connectivity index (χ0n) is 15.4. The largest absolute Gasteiger partial charge is 0.493 e. The van der Waals surface area contributed by atoms with E-state index in [1.807, 2.05) is 18.2 Å². The number of hydrogen-bond donors (Lipinski definition) is 2. The number of carbonyl (C=O) groups is 1. The fourth-order valence-corrected chi connectivity index (χ4v) is 2.70. The van der Waals surface area contributed by atoms with E-state index in [4.69, 9.17) is 33.3 Å². The second-order valence-corrected chi connectivity index (χ2v) is 6.62. The molecule has 0 aliphatic rings. The van der Waals surface area contributed by atoms with Crippen molar-refractivity contribution >= 4 is 34.8 Å². The number of methoxy groups -OCH3 is 1. The van der Waals surface area contributed by atoms with E-state index in [0.717, 1.165) is 18.4 Å². The monoisotopic (exact) mass is 406 g/mol. The molecule has 0 saturated carbocycles. The molecule has 0 aromatic heterocycles. The van der Waals surface area contributed by atoms with Crippen LogP contribution in [0.2, 0.25) is 5.02 Å². The van der Waals surface area contributed by atoms with Gasteiger partial charge in [0.25, 0.3) is 5.91 Å². The number of amides is 1. The lowest BCUT2D eigenvalue weighted by Crippen LogP contribution is -2.38. The third-order valence-electron chi connectivity index (χ3n) is 3.78. The highest BCUT2D eigenvalue weighted by molar-refractivity contribution is 7.80. The number of ether oxygens (including phenoxy) is 2. The predicted molar refractivity (Wildman–Crippen MR) is 112 cm³/mol. The minimum Gasteiger partial charge on any atom is -0.493 e. The van der Waals surface area contributed by atoms with Gasteiger partial charge in [0.15, 0.2) is 16.6 Å². The van der Waals surface area contributed by atoms with E-state index in [-0.39, 0.29) is 11.0 Å². The standard InChI is InChI=1S/C20H23ClN2O3S/c1-3-4-11-26-17-10-9-14(12-18(17)25-2)13-22-20(27)23-19(24)15-7-5-6-8-16(15)21/h5-10,12H,3-4,11,13H2,1-2H3,(H2,22,23,24,27). The van der Waals surface area contributed by atoms with Gasteiger partial charge in [0.05, 0.1) is 24.3 Å². The lowest BCUT2D eigenvalue weighted by molar-refractivity contribution is 0.0977. The molecular weight excluding hydrogens is 384 g/mol. The van der Waals surface area contributed by atoms with Crippen LogP contribution in [0.4, 0.5) is 0 Å². The average Bonchev–Trinajstić information content (AvgIpc) is 2.67. The molecule has 5 nitrogen and oxygen atoms in total. The first-order valence-corrected chi connectivity index (χ1v) is 9.47. The Balaban J connectivity index is 1.90. The quantitative estimate of drug-likeness (QED) is 0.504. The van der Waals surface area contributed by atoms with E-state index < -0.39 is 0 Å². The van der Waals surface area contributed by atoms with Crippen molar-refractivity contribution in [3.63, 3.8) is 0 Å². The second kappa shape index (κ2) is 10.7. The molecule has 2 aromatic carbocycles. The zero-order valence-corrected chi connectivity index (χ0v) is 17.0. The first-order chi connectivity index (χ1) is 13.0. The lowest BCUT2D eigenvalue weighted by atomic mass is 10.2. The molecule has 1 amide bonds. The Morgan fingerprint density at radius 3 is 2.67 bits per heavy atom. The predicted octanol–water partition coefficient (Wildman–Crippen LogP) is 4.33. The first-order valence-electron chi connectivity index (χ1n) is 8.68. The molecule has 0 radical (unpaired) electrons. The maximum atomic E-state index is 12.2. The van der Waals surface area contributed by atoms with Gasteiger partial charge in [0, 0.05) is 6.54 Å². The average molecular weight is 407 g/mol. The Bertz CT molecular complexity index is 799. The summed E-state index contributed by atoms with van der Waals surface area (Å²) < 4.78 is 11.1. The maximum absolute atomic E-state index is 12.2. The van der Waals surface area contributed by atoms with Crippen molar-refractivity contribution in [1.82, 2.24) is 10.6 Å². The van der Waals surface area contributed by atoms with Crippen LogP contribution in [0.1, 0.15) is 35.7 Å². The van der Waals surface area contributed by atoms with E-state index in [1.165, 1.54) is 0 Å². The maximum Gasteiger partial charge on any atom is 0.258 e. The molecule has 0 saturated heterocycles. The number of thiocarbonyl (C=S) groups is 1. The van der Waals surface area contributed by atoms with Gasteiger partial charge in [-0.05, 0) is 48.5 Å². The topological polar surface area (TPSA) is 59.6 Å². The summed E-state index contributed by atoms with van der Waals surface area (Å²) >= 11 is 11.2. The first kappa shape index (κ1) is 21.0. The molecule has 0 atom stereocenters. The van der Waals surface area contributed by atoms with Gasteiger partial charge in [0.2, 0.25) is 0 Å². The highest BCUT2D eigenvalue weighted by atomic mass is 35.5. The zero-order chi connectivity index (χ0) is 19.6. The Kier molecular flexibility index (Phi) is 8.36. The Labute approximate surface area is 170 Å². The van der Waals surface area contributed by atoms with Crippen molar-refractivity contribution in [2.45, 2.75) is 26.3 Å². The fourth-order valence-electron chi connectivity index (χ4n) is 2.31. The van der Waals surface area contributed by atoms with Crippen molar-refractivity contribution in [2.24, 2.45) is 0 Å². The van der Waals surface area contributed by atoms with Crippen LogP contribution in [-0.2, 0) is 6.54 Å².